The Morgan fingerprint density at radius 3 is 2.11 bits per heavy atom. The minimum atomic E-state index is -0.0994. The molecule has 0 aliphatic heterocycles. The van der Waals surface area contributed by atoms with Gasteiger partial charge < -0.3 is 4.74 Å². The van der Waals surface area contributed by atoms with Crippen molar-refractivity contribution in [3.05, 3.63) is 11.6 Å². The first kappa shape index (κ1) is 13.2. The summed E-state index contributed by atoms with van der Waals surface area (Å²) in [4.78, 5) is 11.9. The van der Waals surface area contributed by atoms with Crippen LogP contribution in [0.3, 0.4) is 0 Å². The summed E-state index contributed by atoms with van der Waals surface area (Å²) in [5.74, 6) is 2.70. The lowest BCUT2D eigenvalue weighted by Crippen LogP contribution is -2.45. The highest BCUT2D eigenvalue weighted by Crippen LogP contribution is 2.60. The average Bonchev–Trinajstić information content (AvgIpc) is 2.35. The number of hydrogen-bond acceptors (Lipinski definition) is 2. The molecule has 4 aliphatic carbocycles. The van der Waals surface area contributed by atoms with Gasteiger partial charge >= 0.3 is 5.97 Å². The van der Waals surface area contributed by atoms with Crippen LogP contribution in [0.1, 0.15) is 58.3 Å². The normalized spacial score (nSPS) is 40.5. The zero-order chi connectivity index (χ0) is 13.5. The number of hydrogen-bond donors (Lipinski definition) is 0. The van der Waals surface area contributed by atoms with Gasteiger partial charge in [0.2, 0.25) is 0 Å². The minimum absolute atomic E-state index is 0.0994. The number of rotatable bonds is 4. The molecule has 2 heteroatoms. The molecule has 4 fully saturated rings. The van der Waals surface area contributed by atoms with Crippen molar-refractivity contribution >= 4 is 5.97 Å². The highest BCUT2D eigenvalue weighted by atomic mass is 16.5. The highest BCUT2D eigenvalue weighted by molar-refractivity contribution is 5.88. The second kappa shape index (κ2) is 4.96. The van der Waals surface area contributed by atoms with Gasteiger partial charge in [-0.1, -0.05) is 19.4 Å². The molecule has 4 saturated carbocycles. The van der Waals surface area contributed by atoms with Crippen LogP contribution in [0.2, 0.25) is 0 Å². The predicted molar refractivity (Wildman–Crippen MR) is 75.6 cm³/mol. The van der Waals surface area contributed by atoms with Crippen LogP contribution in [0.25, 0.3) is 0 Å². The number of methoxy groups -OCH3 is 1. The Kier molecular flexibility index (Phi) is 3.44. The van der Waals surface area contributed by atoms with Crippen molar-refractivity contribution in [2.75, 3.05) is 7.11 Å². The van der Waals surface area contributed by atoms with Gasteiger partial charge in [-0.15, -0.1) is 0 Å². The number of ether oxygens (including phenoxy) is 1. The van der Waals surface area contributed by atoms with Gasteiger partial charge in [-0.3, -0.25) is 0 Å². The van der Waals surface area contributed by atoms with Crippen LogP contribution in [-0.2, 0) is 9.53 Å². The number of carbonyl (C=O) groups excluding carboxylic acids is 1. The van der Waals surface area contributed by atoms with Crippen LogP contribution >= 0.6 is 0 Å². The zero-order valence-corrected chi connectivity index (χ0v) is 12.3. The molecule has 2 nitrogen and oxygen atoms in total. The van der Waals surface area contributed by atoms with E-state index in [-0.39, 0.29) is 5.97 Å². The van der Waals surface area contributed by atoms with E-state index in [4.69, 9.17) is 4.74 Å². The smallest absolute Gasteiger partial charge is 0.333 e. The van der Waals surface area contributed by atoms with Crippen LogP contribution in [0.5, 0.6) is 0 Å². The molecule has 0 aromatic heterocycles. The Balaban J connectivity index is 1.85. The summed E-state index contributed by atoms with van der Waals surface area (Å²) in [5.41, 5.74) is 1.28. The van der Waals surface area contributed by atoms with Gasteiger partial charge in [0.15, 0.2) is 0 Å². The first-order valence-electron chi connectivity index (χ1n) is 7.94. The van der Waals surface area contributed by atoms with E-state index in [1.54, 1.807) is 0 Å². The topological polar surface area (TPSA) is 26.3 Å². The van der Waals surface area contributed by atoms with Crippen LogP contribution in [-0.4, -0.2) is 13.1 Å². The molecular weight excluding hydrogens is 236 g/mol. The summed E-state index contributed by atoms with van der Waals surface area (Å²) in [6.07, 6.45) is 12.6. The summed E-state index contributed by atoms with van der Waals surface area (Å²) >= 11 is 0. The summed E-state index contributed by atoms with van der Waals surface area (Å²) in [6, 6.07) is 0. The first-order chi connectivity index (χ1) is 9.14. The molecule has 0 unspecified atom stereocenters. The molecule has 0 N–H and O–H groups in total. The Labute approximate surface area is 116 Å². The maximum atomic E-state index is 11.9. The van der Waals surface area contributed by atoms with Crippen molar-refractivity contribution in [2.45, 2.75) is 58.3 Å². The maximum absolute atomic E-state index is 11.9. The third kappa shape index (κ3) is 2.46. The Morgan fingerprint density at radius 2 is 1.68 bits per heavy atom. The fourth-order valence-electron chi connectivity index (χ4n) is 5.36. The third-order valence-corrected chi connectivity index (χ3v) is 5.53. The van der Waals surface area contributed by atoms with Gasteiger partial charge in [-0.25, -0.2) is 4.79 Å². The molecule has 0 amide bonds. The zero-order valence-electron chi connectivity index (χ0n) is 12.3. The molecule has 0 spiro atoms. The molecule has 0 atom stereocenters. The standard InChI is InChI=1S/C17H26O2/c1-3-4-15(16(18)19-2)11-17-8-12-5-13(9-17)7-14(6-12)10-17/h11-14H,3-10H2,1-2H3. The molecule has 4 rings (SSSR count). The molecule has 0 radical (unpaired) electrons. The highest BCUT2D eigenvalue weighted by Gasteiger charge is 2.50. The van der Waals surface area contributed by atoms with Gasteiger partial charge in [-0.05, 0) is 68.1 Å². The molecule has 0 aromatic carbocycles. The van der Waals surface area contributed by atoms with Crippen molar-refractivity contribution in [2.24, 2.45) is 23.2 Å². The molecule has 0 aromatic rings. The van der Waals surface area contributed by atoms with E-state index in [0.29, 0.717) is 5.41 Å². The SMILES string of the molecule is CCCC(=CC12CC3CC(CC(C3)C1)C2)C(=O)OC. The largest absolute Gasteiger partial charge is 0.466 e. The Bertz CT molecular complexity index is 359. The van der Waals surface area contributed by atoms with E-state index in [0.717, 1.165) is 36.2 Å². The fraction of sp³-hybridized carbons (Fsp3) is 0.824. The molecule has 0 saturated heterocycles. The molecule has 4 bridgehead atoms. The van der Waals surface area contributed by atoms with Gasteiger partial charge in [0.1, 0.15) is 0 Å². The van der Waals surface area contributed by atoms with Gasteiger partial charge in [-0.2, -0.15) is 0 Å². The first-order valence-corrected chi connectivity index (χ1v) is 7.94. The molecular formula is C17H26O2. The van der Waals surface area contributed by atoms with Gasteiger partial charge in [0, 0.05) is 5.57 Å². The summed E-state index contributed by atoms with van der Waals surface area (Å²) in [5, 5.41) is 0. The van der Waals surface area contributed by atoms with Crippen LogP contribution < -0.4 is 0 Å². The van der Waals surface area contributed by atoms with Crippen molar-refractivity contribution in [1.29, 1.82) is 0 Å². The maximum Gasteiger partial charge on any atom is 0.333 e. The van der Waals surface area contributed by atoms with Crippen molar-refractivity contribution in [1.82, 2.24) is 0 Å². The Hall–Kier alpha value is -0.790. The lowest BCUT2D eigenvalue weighted by molar-refractivity contribution is -0.136. The van der Waals surface area contributed by atoms with E-state index >= 15 is 0 Å². The van der Waals surface area contributed by atoms with Crippen LogP contribution in [0.15, 0.2) is 11.6 Å². The fourth-order valence-corrected chi connectivity index (χ4v) is 5.36. The lowest BCUT2D eigenvalue weighted by atomic mass is 9.49. The average molecular weight is 262 g/mol. The van der Waals surface area contributed by atoms with E-state index in [1.165, 1.54) is 45.6 Å². The van der Waals surface area contributed by atoms with E-state index < -0.39 is 0 Å². The van der Waals surface area contributed by atoms with Crippen LogP contribution in [0.4, 0.5) is 0 Å². The van der Waals surface area contributed by atoms with Gasteiger partial charge in [0.25, 0.3) is 0 Å². The van der Waals surface area contributed by atoms with Crippen molar-refractivity contribution in [3.63, 3.8) is 0 Å². The van der Waals surface area contributed by atoms with Gasteiger partial charge in [0.05, 0.1) is 7.11 Å². The summed E-state index contributed by atoms with van der Waals surface area (Å²) < 4.78 is 4.97. The van der Waals surface area contributed by atoms with E-state index in [2.05, 4.69) is 13.0 Å². The Morgan fingerprint density at radius 1 is 1.16 bits per heavy atom. The summed E-state index contributed by atoms with van der Waals surface area (Å²) in [7, 11) is 1.51. The summed E-state index contributed by atoms with van der Waals surface area (Å²) in [6.45, 7) is 2.14. The second-order valence-electron chi connectivity index (χ2n) is 7.19. The lowest BCUT2D eigenvalue weighted by Gasteiger charge is -2.56. The van der Waals surface area contributed by atoms with E-state index in [1.807, 2.05) is 0 Å². The molecule has 4 aliphatic rings. The number of allylic oxidation sites excluding steroid dienone is 1. The molecule has 19 heavy (non-hydrogen) atoms. The monoisotopic (exact) mass is 262 g/mol. The second-order valence-corrected chi connectivity index (χ2v) is 7.19. The van der Waals surface area contributed by atoms with Crippen LogP contribution in [0, 0.1) is 23.2 Å². The third-order valence-electron chi connectivity index (χ3n) is 5.53. The number of carbonyl (C=O) groups is 1. The molecule has 106 valence electrons. The number of esters is 1. The predicted octanol–water partition coefficient (Wildman–Crippen LogP) is 4.10. The van der Waals surface area contributed by atoms with E-state index in [9.17, 15) is 4.79 Å². The van der Waals surface area contributed by atoms with Crippen molar-refractivity contribution < 1.29 is 9.53 Å². The molecule has 0 heterocycles. The quantitative estimate of drug-likeness (QED) is 0.563. The van der Waals surface area contributed by atoms with Crippen molar-refractivity contribution in [3.8, 4) is 0 Å². The minimum Gasteiger partial charge on any atom is -0.466 e.